The van der Waals surface area contributed by atoms with Gasteiger partial charge >= 0.3 is 5.97 Å². The first-order chi connectivity index (χ1) is 10.1. The summed E-state index contributed by atoms with van der Waals surface area (Å²) in [4.78, 5) is 11.3. The van der Waals surface area contributed by atoms with Gasteiger partial charge < -0.3 is 5.11 Å². The molecule has 5 nitrogen and oxygen atoms in total. The normalized spacial score (nSPS) is 25.9. The van der Waals surface area contributed by atoms with Crippen molar-refractivity contribution in [2.24, 2.45) is 5.41 Å². The molecule has 2 rings (SSSR count). The van der Waals surface area contributed by atoms with Crippen LogP contribution in [0.4, 0.5) is 0 Å². The van der Waals surface area contributed by atoms with Crippen LogP contribution in [0.3, 0.4) is 0 Å². The zero-order valence-electron chi connectivity index (χ0n) is 12.6. The van der Waals surface area contributed by atoms with E-state index in [2.05, 4.69) is 4.72 Å². The average Bonchev–Trinajstić information content (AvgIpc) is 2.44. The molecule has 0 unspecified atom stereocenters. The van der Waals surface area contributed by atoms with Crippen molar-refractivity contribution in [1.29, 1.82) is 0 Å². The van der Waals surface area contributed by atoms with Gasteiger partial charge in [-0.15, -0.1) is 0 Å². The minimum Gasteiger partial charge on any atom is -0.481 e. The lowest BCUT2D eigenvalue weighted by Crippen LogP contribution is -2.42. The van der Waals surface area contributed by atoms with Crippen LogP contribution in [0.5, 0.6) is 0 Å². The van der Waals surface area contributed by atoms with Gasteiger partial charge in [0, 0.05) is 11.1 Å². The fraction of sp³-hybridized carbons (Fsp3) is 0.533. The molecule has 0 aliphatic heterocycles. The largest absolute Gasteiger partial charge is 0.481 e. The lowest BCUT2D eigenvalue weighted by atomic mass is 9.74. The van der Waals surface area contributed by atoms with Crippen LogP contribution in [0.2, 0.25) is 5.02 Å². The third kappa shape index (κ3) is 3.62. The number of carboxylic acid groups (broad SMARTS) is 1. The highest BCUT2D eigenvalue weighted by Crippen LogP contribution is 2.36. The van der Waals surface area contributed by atoms with Crippen LogP contribution in [0, 0.1) is 12.3 Å². The molecule has 0 atom stereocenters. The maximum atomic E-state index is 12.4. The molecule has 0 heterocycles. The van der Waals surface area contributed by atoms with E-state index in [-0.39, 0.29) is 10.9 Å². The Balaban J connectivity index is 2.07. The number of carbonyl (C=O) groups is 1. The summed E-state index contributed by atoms with van der Waals surface area (Å²) in [7, 11) is -3.64. The number of halogens is 1. The van der Waals surface area contributed by atoms with Crippen molar-refractivity contribution in [3.8, 4) is 0 Å². The van der Waals surface area contributed by atoms with Crippen LogP contribution in [0.25, 0.3) is 0 Å². The molecule has 1 aliphatic carbocycles. The third-order valence-electron chi connectivity index (χ3n) is 4.38. The monoisotopic (exact) mass is 345 g/mol. The zero-order valence-corrected chi connectivity index (χ0v) is 14.2. The lowest BCUT2D eigenvalue weighted by Gasteiger charge is -2.34. The molecule has 1 aromatic rings. The van der Waals surface area contributed by atoms with Gasteiger partial charge in [-0.3, -0.25) is 4.79 Å². The van der Waals surface area contributed by atoms with Gasteiger partial charge in [-0.05, 0) is 57.2 Å². The van der Waals surface area contributed by atoms with Crippen molar-refractivity contribution in [3.05, 3.63) is 28.8 Å². The molecule has 0 bridgehead atoms. The van der Waals surface area contributed by atoms with E-state index in [4.69, 9.17) is 11.6 Å². The Labute approximate surface area is 135 Å². The molecule has 122 valence electrons. The lowest BCUT2D eigenvalue weighted by molar-refractivity contribution is -0.149. The summed E-state index contributed by atoms with van der Waals surface area (Å²) in [5.74, 6) is -0.820. The number of sulfonamides is 1. The van der Waals surface area contributed by atoms with Crippen LogP contribution < -0.4 is 4.72 Å². The number of hydrogen-bond donors (Lipinski definition) is 2. The molecule has 1 aromatic carbocycles. The fourth-order valence-electron chi connectivity index (χ4n) is 2.61. The number of hydrogen-bond acceptors (Lipinski definition) is 3. The Bertz CT molecular complexity index is 679. The summed E-state index contributed by atoms with van der Waals surface area (Å²) in [5.41, 5.74) is 0.0604. The quantitative estimate of drug-likeness (QED) is 0.878. The standard InChI is InChI=1S/C15H20ClNO4S/c1-10-3-4-12(9-13(10)16)22(20,21)17-11-5-7-15(2,8-6-11)14(18)19/h3-4,9,11,17H,5-8H2,1-2H3,(H,18,19). The second-order valence-corrected chi connectivity index (χ2v) is 8.29. The topological polar surface area (TPSA) is 83.5 Å². The molecule has 1 fully saturated rings. The van der Waals surface area contributed by atoms with Gasteiger partial charge in [0.2, 0.25) is 10.0 Å². The maximum Gasteiger partial charge on any atom is 0.309 e. The van der Waals surface area contributed by atoms with E-state index in [9.17, 15) is 18.3 Å². The van der Waals surface area contributed by atoms with Gasteiger partial charge in [0.15, 0.2) is 0 Å². The van der Waals surface area contributed by atoms with E-state index in [1.165, 1.54) is 12.1 Å². The highest BCUT2D eigenvalue weighted by Gasteiger charge is 2.38. The SMILES string of the molecule is Cc1ccc(S(=O)(=O)NC2CCC(C)(C(=O)O)CC2)cc1Cl. The van der Waals surface area contributed by atoms with E-state index < -0.39 is 21.4 Å². The van der Waals surface area contributed by atoms with Crippen molar-refractivity contribution >= 4 is 27.6 Å². The van der Waals surface area contributed by atoms with Crippen LogP contribution in [0.15, 0.2) is 23.1 Å². The van der Waals surface area contributed by atoms with Crippen molar-refractivity contribution in [1.82, 2.24) is 4.72 Å². The van der Waals surface area contributed by atoms with Gasteiger partial charge in [-0.1, -0.05) is 17.7 Å². The molecular formula is C15H20ClNO4S. The van der Waals surface area contributed by atoms with Crippen molar-refractivity contribution < 1.29 is 18.3 Å². The van der Waals surface area contributed by atoms with E-state index in [1.54, 1.807) is 19.9 Å². The third-order valence-corrected chi connectivity index (χ3v) is 6.31. The molecule has 1 saturated carbocycles. The summed E-state index contributed by atoms with van der Waals surface area (Å²) in [5, 5.41) is 9.60. The summed E-state index contributed by atoms with van der Waals surface area (Å²) in [6, 6.07) is 4.38. The molecule has 7 heteroatoms. The Morgan fingerprint density at radius 1 is 1.36 bits per heavy atom. The highest BCUT2D eigenvalue weighted by molar-refractivity contribution is 7.89. The first kappa shape index (κ1) is 17.2. The van der Waals surface area contributed by atoms with Gasteiger partial charge in [-0.2, -0.15) is 0 Å². The average molecular weight is 346 g/mol. The first-order valence-corrected chi connectivity index (χ1v) is 9.02. The number of aliphatic carboxylic acids is 1. The summed E-state index contributed by atoms with van der Waals surface area (Å²) >= 11 is 5.98. The molecule has 0 spiro atoms. The van der Waals surface area contributed by atoms with E-state index in [0.717, 1.165) is 5.56 Å². The molecule has 0 amide bonds. The minimum absolute atomic E-state index is 0.134. The first-order valence-electron chi connectivity index (χ1n) is 7.16. The van der Waals surface area contributed by atoms with Gasteiger partial charge in [0.25, 0.3) is 0 Å². The smallest absolute Gasteiger partial charge is 0.309 e. The summed E-state index contributed by atoms with van der Waals surface area (Å²) in [6.07, 6.45) is 1.96. The second-order valence-electron chi connectivity index (χ2n) is 6.17. The second kappa shape index (κ2) is 6.18. The molecule has 0 saturated heterocycles. The number of carboxylic acids is 1. The van der Waals surface area contributed by atoms with Crippen LogP contribution in [0.1, 0.15) is 38.2 Å². The molecular weight excluding hydrogens is 326 g/mol. The van der Waals surface area contributed by atoms with E-state index in [1.807, 2.05) is 0 Å². The van der Waals surface area contributed by atoms with Crippen molar-refractivity contribution in [2.75, 3.05) is 0 Å². The minimum atomic E-state index is -3.64. The molecule has 0 aromatic heterocycles. The Morgan fingerprint density at radius 3 is 2.45 bits per heavy atom. The van der Waals surface area contributed by atoms with Gasteiger partial charge in [0.05, 0.1) is 10.3 Å². The number of nitrogens with one attached hydrogen (secondary N) is 1. The highest BCUT2D eigenvalue weighted by atomic mass is 35.5. The number of rotatable bonds is 4. The van der Waals surface area contributed by atoms with Crippen LogP contribution in [-0.4, -0.2) is 25.5 Å². The molecule has 2 N–H and O–H groups in total. The predicted molar refractivity (Wildman–Crippen MR) is 84.5 cm³/mol. The molecule has 1 aliphatic rings. The van der Waals surface area contributed by atoms with E-state index >= 15 is 0 Å². The molecule has 22 heavy (non-hydrogen) atoms. The van der Waals surface area contributed by atoms with E-state index in [0.29, 0.717) is 30.7 Å². The van der Waals surface area contributed by atoms with Crippen molar-refractivity contribution in [3.63, 3.8) is 0 Å². The maximum absolute atomic E-state index is 12.4. The van der Waals surface area contributed by atoms with Crippen molar-refractivity contribution in [2.45, 2.75) is 50.5 Å². The predicted octanol–water partition coefficient (Wildman–Crippen LogP) is 2.96. The summed E-state index contributed by atoms with van der Waals surface area (Å²) < 4.78 is 27.4. The fourth-order valence-corrected chi connectivity index (χ4v) is 4.19. The van der Waals surface area contributed by atoms with Gasteiger partial charge in [-0.25, -0.2) is 13.1 Å². The zero-order chi connectivity index (χ0) is 16.5. The van der Waals surface area contributed by atoms with Crippen LogP contribution >= 0.6 is 11.6 Å². The Morgan fingerprint density at radius 2 is 1.95 bits per heavy atom. The number of aryl methyl sites for hydroxylation is 1. The Hall–Kier alpha value is -1.11. The van der Waals surface area contributed by atoms with Crippen LogP contribution in [-0.2, 0) is 14.8 Å². The Kier molecular flexibility index (Phi) is 4.84. The number of benzene rings is 1. The summed E-state index contributed by atoms with van der Waals surface area (Å²) in [6.45, 7) is 3.51. The van der Waals surface area contributed by atoms with Gasteiger partial charge in [0.1, 0.15) is 0 Å². The molecule has 0 radical (unpaired) electrons.